The van der Waals surface area contributed by atoms with E-state index in [2.05, 4.69) is 0 Å². The molecule has 1 saturated heterocycles. The average Bonchev–Trinajstić information content (AvgIpc) is 3.62. The van der Waals surface area contributed by atoms with Crippen molar-refractivity contribution < 1.29 is 14.4 Å². The van der Waals surface area contributed by atoms with Crippen LogP contribution in [0.2, 0.25) is 5.02 Å². The first-order chi connectivity index (χ1) is 18.0. The Balaban J connectivity index is 1.56. The lowest BCUT2D eigenvalue weighted by Crippen LogP contribution is -2.48. The Labute approximate surface area is 222 Å². The molecule has 3 atom stereocenters. The molecule has 3 aromatic carbocycles. The van der Waals surface area contributed by atoms with Gasteiger partial charge in [0, 0.05) is 27.8 Å². The standard InChI is InChI=1S/C31H20ClNO3S/c32-20-13-14-23-19(17-20)12-15-25-31(29(35)21-9-4-5-10-22(21)30(31)36)26(18-7-2-1-3-8-18)27(33(23)25)28(34)24-11-6-16-37-24/h1-17,25-27H/t25-,26+,27-/m0/s1. The molecule has 4 nitrogen and oxygen atoms in total. The lowest BCUT2D eigenvalue weighted by Gasteiger charge is -2.37. The van der Waals surface area contributed by atoms with Crippen LogP contribution in [0, 0.1) is 5.41 Å². The number of hydrogen-bond donors (Lipinski definition) is 0. The molecule has 1 spiro atoms. The van der Waals surface area contributed by atoms with E-state index in [1.807, 2.05) is 77.0 Å². The molecule has 180 valence electrons. The van der Waals surface area contributed by atoms with Gasteiger partial charge in [0.25, 0.3) is 0 Å². The minimum Gasteiger partial charge on any atom is -0.352 e. The third-order valence-electron chi connectivity index (χ3n) is 7.96. The Morgan fingerprint density at radius 1 is 0.865 bits per heavy atom. The van der Waals surface area contributed by atoms with Crippen molar-refractivity contribution in [3.63, 3.8) is 0 Å². The molecule has 0 N–H and O–H groups in total. The number of halogens is 1. The van der Waals surface area contributed by atoms with Crippen molar-refractivity contribution in [2.24, 2.45) is 5.41 Å². The molecule has 7 rings (SSSR count). The highest BCUT2D eigenvalue weighted by Crippen LogP contribution is 2.61. The van der Waals surface area contributed by atoms with E-state index in [-0.39, 0.29) is 17.3 Å². The fourth-order valence-electron chi connectivity index (χ4n) is 6.55. The van der Waals surface area contributed by atoms with Gasteiger partial charge in [-0.1, -0.05) is 84.4 Å². The topological polar surface area (TPSA) is 54.5 Å². The van der Waals surface area contributed by atoms with Crippen LogP contribution in [-0.2, 0) is 0 Å². The van der Waals surface area contributed by atoms with Crippen LogP contribution in [0.1, 0.15) is 47.4 Å². The van der Waals surface area contributed by atoms with Gasteiger partial charge in [-0.05, 0) is 40.8 Å². The van der Waals surface area contributed by atoms with Crippen LogP contribution in [0.15, 0.2) is 96.4 Å². The summed E-state index contributed by atoms with van der Waals surface area (Å²) in [6.45, 7) is 0. The van der Waals surface area contributed by atoms with Crippen molar-refractivity contribution in [1.82, 2.24) is 0 Å². The first kappa shape index (κ1) is 22.4. The number of fused-ring (bicyclic) bond motifs is 5. The van der Waals surface area contributed by atoms with Gasteiger partial charge in [0.1, 0.15) is 11.5 Å². The van der Waals surface area contributed by atoms with Crippen molar-refractivity contribution in [3.05, 3.63) is 129 Å². The molecule has 0 radical (unpaired) electrons. The fraction of sp³-hybridized carbons (Fsp3) is 0.129. The van der Waals surface area contributed by atoms with Crippen molar-refractivity contribution in [3.8, 4) is 0 Å². The summed E-state index contributed by atoms with van der Waals surface area (Å²) in [5, 5.41) is 2.45. The molecule has 0 amide bonds. The third-order valence-corrected chi connectivity index (χ3v) is 9.08. The first-order valence-corrected chi connectivity index (χ1v) is 13.4. The van der Waals surface area contributed by atoms with Crippen molar-refractivity contribution >= 4 is 52.1 Å². The second-order valence-electron chi connectivity index (χ2n) is 9.66. The Morgan fingerprint density at radius 3 is 2.24 bits per heavy atom. The highest BCUT2D eigenvalue weighted by atomic mass is 35.5. The van der Waals surface area contributed by atoms with Gasteiger partial charge in [-0.2, -0.15) is 0 Å². The summed E-state index contributed by atoms with van der Waals surface area (Å²) in [7, 11) is 0. The van der Waals surface area contributed by atoms with Crippen LogP contribution in [0.25, 0.3) is 6.08 Å². The van der Waals surface area contributed by atoms with E-state index in [1.54, 1.807) is 30.3 Å². The van der Waals surface area contributed by atoms with E-state index in [1.165, 1.54) is 11.3 Å². The summed E-state index contributed by atoms with van der Waals surface area (Å²) < 4.78 is 0. The quantitative estimate of drug-likeness (QED) is 0.222. The summed E-state index contributed by atoms with van der Waals surface area (Å²) >= 11 is 7.70. The molecule has 0 bridgehead atoms. The summed E-state index contributed by atoms with van der Waals surface area (Å²) in [4.78, 5) is 45.9. The zero-order chi connectivity index (χ0) is 25.3. The zero-order valence-corrected chi connectivity index (χ0v) is 21.1. The maximum Gasteiger partial charge on any atom is 0.195 e. The van der Waals surface area contributed by atoms with Crippen molar-refractivity contribution in [2.75, 3.05) is 4.90 Å². The largest absolute Gasteiger partial charge is 0.352 e. The Kier molecular flexibility index (Phi) is 4.91. The monoisotopic (exact) mass is 521 g/mol. The van der Waals surface area contributed by atoms with Gasteiger partial charge in [0.05, 0.1) is 10.9 Å². The normalized spacial score (nSPS) is 22.7. The number of rotatable bonds is 3. The number of hydrogen-bond acceptors (Lipinski definition) is 5. The Bertz CT molecular complexity index is 1590. The molecule has 6 heteroatoms. The second kappa shape index (κ2) is 8.10. The average molecular weight is 522 g/mol. The van der Waals surface area contributed by atoms with Crippen LogP contribution < -0.4 is 4.90 Å². The Morgan fingerprint density at radius 2 is 1.57 bits per heavy atom. The van der Waals surface area contributed by atoms with Gasteiger partial charge in [-0.3, -0.25) is 14.4 Å². The number of ketones is 3. The second-order valence-corrected chi connectivity index (χ2v) is 11.0. The molecule has 0 saturated carbocycles. The molecular weight excluding hydrogens is 502 g/mol. The van der Waals surface area contributed by atoms with Crippen molar-refractivity contribution in [2.45, 2.75) is 18.0 Å². The zero-order valence-electron chi connectivity index (χ0n) is 19.5. The molecule has 1 fully saturated rings. The van der Waals surface area contributed by atoms with E-state index < -0.39 is 23.4 Å². The Hall–Kier alpha value is -3.80. The number of anilines is 1. The molecule has 3 aliphatic rings. The maximum absolute atomic E-state index is 14.5. The van der Waals surface area contributed by atoms with Crippen LogP contribution in [0.3, 0.4) is 0 Å². The number of benzene rings is 3. The summed E-state index contributed by atoms with van der Waals surface area (Å²) in [5.74, 6) is -1.23. The smallest absolute Gasteiger partial charge is 0.195 e. The number of carbonyl (C=O) groups excluding carboxylic acids is 3. The molecule has 1 aromatic heterocycles. The van der Waals surface area contributed by atoms with E-state index in [9.17, 15) is 14.4 Å². The van der Waals surface area contributed by atoms with Gasteiger partial charge in [-0.15, -0.1) is 11.3 Å². The number of Topliss-reactive ketones (excluding diaryl/α,β-unsaturated/α-hetero) is 3. The van der Waals surface area contributed by atoms with Gasteiger partial charge < -0.3 is 4.90 Å². The molecule has 1 aliphatic carbocycles. The summed E-state index contributed by atoms with van der Waals surface area (Å²) in [5.41, 5.74) is 1.82. The molecule has 3 heterocycles. The van der Waals surface area contributed by atoms with E-state index in [4.69, 9.17) is 11.6 Å². The SMILES string of the molecule is O=C(c1cccs1)[C@@H]1[C@@H](c2ccccc2)C2(C(=O)c3ccccc3C2=O)[C@@H]2C=Cc3cc(Cl)ccc3N12. The van der Waals surface area contributed by atoms with E-state index >= 15 is 0 Å². The van der Waals surface area contributed by atoms with Crippen LogP contribution in [0.4, 0.5) is 5.69 Å². The number of nitrogens with zero attached hydrogens (tertiary/aromatic N) is 1. The van der Waals surface area contributed by atoms with Crippen molar-refractivity contribution in [1.29, 1.82) is 0 Å². The number of thiophene rings is 1. The van der Waals surface area contributed by atoms with Gasteiger partial charge in [0.15, 0.2) is 17.3 Å². The minimum absolute atomic E-state index is 0.0986. The van der Waals surface area contributed by atoms with Crippen LogP contribution >= 0.6 is 22.9 Å². The predicted octanol–water partition coefficient (Wildman–Crippen LogP) is 6.72. The molecule has 37 heavy (non-hydrogen) atoms. The molecule has 0 unspecified atom stereocenters. The van der Waals surface area contributed by atoms with Crippen LogP contribution in [0.5, 0.6) is 0 Å². The fourth-order valence-corrected chi connectivity index (χ4v) is 7.42. The number of carbonyl (C=O) groups is 3. The van der Waals surface area contributed by atoms with Crippen LogP contribution in [-0.4, -0.2) is 29.4 Å². The van der Waals surface area contributed by atoms with Gasteiger partial charge in [-0.25, -0.2) is 0 Å². The molecular formula is C31H20ClNO3S. The van der Waals surface area contributed by atoms with Gasteiger partial charge in [0.2, 0.25) is 0 Å². The lowest BCUT2D eigenvalue weighted by molar-refractivity contribution is 0.0666. The van der Waals surface area contributed by atoms with E-state index in [0.29, 0.717) is 21.0 Å². The maximum atomic E-state index is 14.5. The summed E-state index contributed by atoms with van der Waals surface area (Å²) in [6.07, 6.45) is 3.84. The third kappa shape index (κ3) is 2.93. The lowest BCUT2D eigenvalue weighted by atomic mass is 9.64. The highest BCUT2D eigenvalue weighted by Gasteiger charge is 2.71. The highest BCUT2D eigenvalue weighted by molar-refractivity contribution is 7.12. The minimum atomic E-state index is -1.48. The van der Waals surface area contributed by atoms with Gasteiger partial charge >= 0.3 is 0 Å². The first-order valence-electron chi connectivity index (χ1n) is 12.1. The summed E-state index contributed by atoms with van der Waals surface area (Å²) in [6, 6.07) is 24.4. The predicted molar refractivity (Wildman–Crippen MR) is 146 cm³/mol. The molecule has 4 aromatic rings. The van der Waals surface area contributed by atoms with E-state index in [0.717, 1.165) is 16.8 Å². The molecule has 2 aliphatic heterocycles.